The van der Waals surface area contributed by atoms with Crippen LogP contribution in [0, 0.1) is 17.1 Å². The minimum atomic E-state index is -0.339. The molecule has 0 aliphatic carbocycles. The summed E-state index contributed by atoms with van der Waals surface area (Å²) in [7, 11) is 1.77. The molecule has 0 saturated carbocycles. The molecule has 90 valence electrons. The van der Waals surface area contributed by atoms with Gasteiger partial charge < -0.3 is 5.32 Å². The van der Waals surface area contributed by atoms with E-state index >= 15 is 0 Å². The van der Waals surface area contributed by atoms with Crippen LogP contribution in [0.3, 0.4) is 0 Å². The number of halogens is 1. The Labute approximate surface area is 99.7 Å². The van der Waals surface area contributed by atoms with E-state index in [2.05, 4.69) is 5.32 Å². The van der Waals surface area contributed by atoms with E-state index in [1.54, 1.807) is 11.9 Å². The van der Waals surface area contributed by atoms with Crippen LogP contribution in [0.1, 0.15) is 6.42 Å². The number of likely N-dealkylation sites (N-methyl/N-ethyl adjacent to an activating group) is 1. The minimum Gasteiger partial charge on any atom is -0.325 e. The normalized spacial score (nSPS) is 10.0. The molecule has 17 heavy (non-hydrogen) atoms. The van der Waals surface area contributed by atoms with Gasteiger partial charge in [-0.15, -0.1) is 0 Å². The summed E-state index contributed by atoms with van der Waals surface area (Å²) in [5, 5.41) is 11.0. The quantitative estimate of drug-likeness (QED) is 0.843. The topological polar surface area (TPSA) is 56.1 Å². The van der Waals surface area contributed by atoms with Gasteiger partial charge in [-0.25, -0.2) is 4.39 Å². The number of rotatable bonds is 5. The van der Waals surface area contributed by atoms with Gasteiger partial charge in [-0.2, -0.15) is 5.26 Å². The zero-order valence-electron chi connectivity index (χ0n) is 9.61. The minimum absolute atomic E-state index is 0.183. The van der Waals surface area contributed by atoms with Gasteiger partial charge in [0.1, 0.15) is 5.82 Å². The molecule has 5 heteroatoms. The van der Waals surface area contributed by atoms with Gasteiger partial charge in [-0.3, -0.25) is 9.69 Å². The maximum atomic E-state index is 12.6. The van der Waals surface area contributed by atoms with Gasteiger partial charge in [-0.05, 0) is 31.3 Å². The van der Waals surface area contributed by atoms with Crippen molar-refractivity contribution in [2.45, 2.75) is 6.42 Å². The summed E-state index contributed by atoms with van der Waals surface area (Å²) in [5.74, 6) is -0.522. The van der Waals surface area contributed by atoms with Crippen molar-refractivity contribution < 1.29 is 9.18 Å². The molecular weight excluding hydrogens is 221 g/mol. The van der Waals surface area contributed by atoms with Crippen LogP contribution in [0.5, 0.6) is 0 Å². The molecular formula is C12H14FN3O. The summed E-state index contributed by atoms with van der Waals surface area (Å²) >= 11 is 0. The molecule has 4 nitrogen and oxygen atoms in total. The highest BCUT2D eigenvalue weighted by Gasteiger charge is 2.06. The van der Waals surface area contributed by atoms with Crippen molar-refractivity contribution in [2.75, 3.05) is 25.5 Å². The first-order chi connectivity index (χ1) is 8.11. The van der Waals surface area contributed by atoms with Crippen molar-refractivity contribution >= 4 is 11.6 Å². The van der Waals surface area contributed by atoms with E-state index in [1.165, 1.54) is 24.3 Å². The van der Waals surface area contributed by atoms with Crippen LogP contribution in [0.15, 0.2) is 24.3 Å². The summed E-state index contributed by atoms with van der Waals surface area (Å²) in [6, 6.07) is 7.59. The van der Waals surface area contributed by atoms with E-state index in [0.29, 0.717) is 18.7 Å². The van der Waals surface area contributed by atoms with Crippen LogP contribution < -0.4 is 5.32 Å². The molecule has 1 rings (SSSR count). The van der Waals surface area contributed by atoms with Crippen LogP contribution in [0.2, 0.25) is 0 Å². The van der Waals surface area contributed by atoms with Crippen LogP contribution in [0.25, 0.3) is 0 Å². The SMILES string of the molecule is CN(CCC#N)CC(=O)Nc1ccc(F)cc1. The van der Waals surface area contributed by atoms with Gasteiger partial charge in [0.05, 0.1) is 12.6 Å². The Kier molecular flexibility index (Phi) is 5.11. The third-order valence-corrected chi connectivity index (χ3v) is 2.15. The number of nitrogens with zero attached hydrogens (tertiary/aromatic N) is 2. The molecule has 0 aliphatic heterocycles. The van der Waals surface area contributed by atoms with E-state index in [-0.39, 0.29) is 18.3 Å². The van der Waals surface area contributed by atoms with Gasteiger partial charge in [0.2, 0.25) is 5.91 Å². The van der Waals surface area contributed by atoms with E-state index in [9.17, 15) is 9.18 Å². The predicted molar refractivity (Wildman–Crippen MR) is 62.8 cm³/mol. The van der Waals surface area contributed by atoms with E-state index in [0.717, 1.165) is 0 Å². The predicted octanol–water partition coefficient (Wildman–Crippen LogP) is 1.61. The Balaban J connectivity index is 2.39. The lowest BCUT2D eigenvalue weighted by Crippen LogP contribution is -2.30. The lowest BCUT2D eigenvalue weighted by Gasteiger charge is -2.14. The molecule has 0 bridgehead atoms. The van der Waals surface area contributed by atoms with Crippen LogP contribution in [0.4, 0.5) is 10.1 Å². The monoisotopic (exact) mass is 235 g/mol. The average Bonchev–Trinajstić information content (AvgIpc) is 2.29. The molecule has 0 fully saturated rings. The van der Waals surface area contributed by atoms with Gasteiger partial charge in [0.15, 0.2) is 0 Å². The number of benzene rings is 1. The second-order valence-corrected chi connectivity index (χ2v) is 3.70. The summed E-state index contributed by atoms with van der Waals surface area (Å²) in [5.41, 5.74) is 0.560. The smallest absolute Gasteiger partial charge is 0.238 e. The highest BCUT2D eigenvalue weighted by Crippen LogP contribution is 2.07. The molecule has 0 unspecified atom stereocenters. The van der Waals surface area contributed by atoms with E-state index in [1.807, 2.05) is 6.07 Å². The second-order valence-electron chi connectivity index (χ2n) is 3.70. The molecule has 1 N–H and O–H groups in total. The number of carbonyl (C=O) groups excluding carboxylic acids is 1. The lowest BCUT2D eigenvalue weighted by molar-refractivity contribution is -0.117. The molecule has 1 aromatic rings. The lowest BCUT2D eigenvalue weighted by atomic mass is 10.3. The van der Waals surface area contributed by atoms with Crippen LogP contribution >= 0.6 is 0 Å². The van der Waals surface area contributed by atoms with Gasteiger partial charge in [-0.1, -0.05) is 0 Å². The van der Waals surface area contributed by atoms with Crippen molar-refractivity contribution in [3.63, 3.8) is 0 Å². The molecule has 0 aliphatic rings. The number of hydrogen-bond donors (Lipinski definition) is 1. The molecule has 0 saturated heterocycles. The average molecular weight is 235 g/mol. The van der Waals surface area contributed by atoms with Crippen LogP contribution in [-0.4, -0.2) is 30.9 Å². The zero-order chi connectivity index (χ0) is 12.7. The number of carbonyl (C=O) groups is 1. The maximum absolute atomic E-state index is 12.6. The third-order valence-electron chi connectivity index (χ3n) is 2.15. The van der Waals surface area contributed by atoms with Gasteiger partial charge in [0, 0.05) is 18.7 Å². The van der Waals surface area contributed by atoms with Gasteiger partial charge >= 0.3 is 0 Å². The Morgan fingerprint density at radius 1 is 1.47 bits per heavy atom. The fourth-order valence-electron chi connectivity index (χ4n) is 1.30. The third kappa shape index (κ3) is 5.09. The molecule has 0 aromatic heterocycles. The molecule has 0 atom stereocenters. The van der Waals surface area contributed by atoms with Crippen molar-refractivity contribution in [2.24, 2.45) is 0 Å². The number of amides is 1. The van der Waals surface area contributed by atoms with Gasteiger partial charge in [0.25, 0.3) is 0 Å². The van der Waals surface area contributed by atoms with Crippen LogP contribution in [-0.2, 0) is 4.79 Å². The Morgan fingerprint density at radius 2 is 2.12 bits per heavy atom. The largest absolute Gasteiger partial charge is 0.325 e. The first-order valence-corrected chi connectivity index (χ1v) is 5.22. The summed E-state index contributed by atoms with van der Waals surface area (Å²) in [6.45, 7) is 0.756. The Bertz CT molecular complexity index is 411. The summed E-state index contributed by atoms with van der Waals surface area (Å²) in [4.78, 5) is 13.3. The van der Waals surface area contributed by atoms with Crippen molar-refractivity contribution in [1.29, 1.82) is 5.26 Å². The van der Waals surface area contributed by atoms with Crippen molar-refractivity contribution in [3.8, 4) is 6.07 Å². The first kappa shape index (κ1) is 13.1. The second kappa shape index (κ2) is 6.61. The molecule has 1 amide bonds. The fourth-order valence-corrected chi connectivity index (χ4v) is 1.30. The van der Waals surface area contributed by atoms with E-state index < -0.39 is 0 Å². The standard InChI is InChI=1S/C12H14FN3O/c1-16(8-2-7-14)9-12(17)15-11-5-3-10(13)4-6-11/h3-6H,2,8-9H2,1H3,(H,15,17). The number of hydrogen-bond acceptors (Lipinski definition) is 3. The highest BCUT2D eigenvalue weighted by atomic mass is 19.1. The Morgan fingerprint density at radius 3 is 2.71 bits per heavy atom. The molecule has 1 aromatic carbocycles. The van der Waals surface area contributed by atoms with Crippen molar-refractivity contribution in [1.82, 2.24) is 4.90 Å². The summed E-state index contributed by atoms with van der Waals surface area (Å²) < 4.78 is 12.6. The summed E-state index contributed by atoms with van der Waals surface area (Å²) in [6.07, 6.45) is 0.389. The number of nitriles is 1. The zero-order valence-corrected chi connectivity index (χ0v) is 9.61. The van der Waals surface area contributed by atoms with E-state index in [4.69, 9.17) is 5.26 Å². The molecule has 0 radical (unpaired) electrons. The number of nitrogens with one attached hydrogen (secondary N) is 1. The van der Waals surface area contributed by atoms with Crippen molar-refractivity contribution in [3.05, 3.63) is 30.1 Å². The first-order valence-electron chi connectivity index (χ1n) is 5.22. The number of anilines is 1. The molecule has 0 spiro atoms. The molecule has 0 heterocycles. The fraction of sp³-hybridized carbons (Fsp3) is 0.333. The highest BCUT2D eigenvalue weighted by molar-refractivity contribution is 5.92. The maximum Gasteiger partial charge on any atom is 0.238 e. The Hall–Kier alpha value is -1.93.